The average Bonchev–Trinajstić information content (AvgIpc) is 2.62. The molecule has 1 saturated heterocycles. The van der Waals surface area contributed by atoms with E-state index in [0.29, 0.717) is 11.5 Å². The molecule has 2 fully saturated rings. The fourth-order valence-electron chi connectivity index (χ4n) is 1.53. The van der Waals surface area contributed by atoms with E-state index in [-0.39, 0.29) is 0 Å². The SMILES string of the molecule is CCC.N[C@H]1CNCC12CC2. The summed E-state index contributed by atoms with van der Waals surface area (Å²) in [5.41, 5.74) is 6.38. The van der Waals surface area contributed by atoms with E-state index in [1.807, 2.05) is 0 Å². The molecule has 1 aliphatic heterocycles. The van der Waals surface area contributed by atoms with Crippen LogP contribution >= 0.6 is 0 Å². The molecule has 2 aliphatic rings. The van der Waals surface area contributed by atoms with Gasteiger partial charge in [-0.3, -0.25) is 0 Å². The second-order valence-corrected chi connectivity index (χ2v) is 3.81. The highest BCUT2D eigenvalue weighted by molar-refractivity contribution is 5.07. The van der Waals surface area contributed by atoms with Gasteiger partial charge in [0.25, 0.3) is 0 Å². The first-order chi connectivity index (χ1) is 5.25. The van der Waals surface area contributed by atoms with Crippen LogP contribution in [0.3, 0.4) is 0 Å². The van der Waals surface area contributed by atoms with E-state index in [4.69, 9.17) is 5.73 Å². The minimum atomic E-state index is 0.461. The van der Waals surface area contributed by atoms with Crippen molar-refractivity contribution in [3.63, 3.8) is 0 Å². The molecular formula is C9H20N2. The lowest BCUT2D eigenvalue weighted by atomic mass is 10.0. The molecule has 1 atom stereocenters. The predicted octanol–water partition coefficient (Wildman–Crippen LogP) is 1.11. The maximum atomic E-state index is 5.81. The first-order valence-electron chi connectivity index (χ1n) is 4.71. The lowest BCUT2D eigenvalue weighted by molar-refractivity contribution is 0.498. The highest BCUT2D eigenvalue weighted by atomic mass is 15.0. The minimum absolute atomic E-state index is 0.461. The zero-order valence-corrected chi connectivity index (χ0v) is 7.69. The molecule has 0 aromatic carbocycles. The van der Waals surface area contributed by atoms with E-state index in [0.717, 1.165) is 6.54 Å². The van der Waals surface area contributed by atoms with Gasteiger partial charge in [-0.2, -0.15) is 0 Å². The Morgan fingerprint density at radius 1 is 1.45 bits per heavy atom. The molecule has 0 aromatic heterocycles. The van der Waals surface area contributed by atoms with Gasteiger partial charge in [-0.05, 0) is 18.3 Å². The molecule has 0 radical (unpaired) electrons. The molecule has 0 aromatic rings. The van der Waals surface area contributed by atoms with Crippen molar-refractivity contribution in [2.45, 2.75) is 39.2 Å². The van der Waals surface area contributed by atoms with Crippen LogP contribution in [-0.2, 0) is 0 Å². The van der Waals surface area contributed by atoms with Crippen molar-refractivity contribution in [2.75, 3.05) is 13.1 Å². The Labute approximate surface area is 69.5 Å². The molecule has 0 amide bonds. The van der Waals surface area contributed by atoms with Gasteiger partial charge in [-0.1, -0.05) is 20.3 Å². The molecule has 1 heterocycles. The fraction of sp³-hybridized carbons (Fsp3) is 1.00. The summed E-state index contributed by atoms with van der Waals surface area (Å²) in [7, 11) is 0. The first kappa shape index (κ1) is 9.01. The quantitative estimate of drug-likeness (QED) is 0.551. The Morgan fingerprint density at radius 2 is 2.00 bits per heavy atom. The Bertz CT molecular complexity index is 119. The van der Waals surface area contributed by atoms with Gasteiger partial charge in [0.15, 0.2) is 0 Å². The molecule has 0 unspecified atom stereocenters. The van der Waals surface area contributed by atoms with Crippen molar-refractivity contribution >= 4 is 0 Å². The molecule has 1 saturated carbocycles. The van der Waals surface area contributed by atoms with Gasteiger partial charge in [0, 0.05) is 19.1 Å². The number of hydrogen-bond acceptors (Lipinski definition) is 2. The Morgan fingerprint density at radius 3 is 2.18 bits per heavy atom. The third-order valence-corrected chi connectivity index (χ3v) is 2.52. The van der Waals surface area contributed by atoms with Gasteiger partial charge in [0.2, 0.25) is 0 Å². The van der Waals surface area contributed by atoms with E-state index in [1.54, 1.807) is 0 Å². The molecule has 11 heavy (non-hydrogen) atoms. The average molecular weight is 156 g/mol. The number of nitrogens with one attached hydrogen (secondary N) is 1. The molecule has 1 aliphatic carbocycles. The molecular weight excluding hydrogens is 136 g/mol. The van der Waals surface area contributed by atoms with E-state index >= 15 is 0 Å². The minimum Gasteiger partial charge on any atom is -0.326 e. The zero-order valence-electron chi connectivity index (χ0n) is 7.69. The van der Waals surface area contributed by atoms with Crippen LogP contribution < -0.4 is 11.1 Å². The van der Waals surface area contributed by atoms with Gasteiger partial charge in [-0.25, -0.2) is 0 Å². The highest BCUT2D eigenvalue weighted by Crippen LogP contribution is 2.49. The second kappa shape index (κ2) is 3.55. The van der Waals surface area contributed by atoms with Crippen LogP contribution in [0.15, 0.2) is 0 Å². The summed E-state index contributed by atoms with van der Waals surface area (Å²) >= 11 is 0. The largest absolute Gasteiger partial charge is 0.326 e. The molecule has 0 bridgehead atoms. The van der Waals surface area contributed by atoms with Crippen LogP contribution in [0.2, 0.25) is 0 Å². The number of rotatable bonds is 0. The summed E-state index contributed by atoms with van der Waals surface area (Å²) < 4.78 is 0. The van der Waals surface area contributed by atoms with E-state index in [9.17, 15) is 0 Å². The smallest absolute Gasteiger partial charge is 0.0234 e. The summed E-state index contributed by atoms with van der Waals surface area (Å²) in [4.78, 5) is 0. The Kier molecular flexibility index (Phi) is 2.90. The maximum Gasteiger partial charge on any atom is 0.0234 e. The number of hydrogen-bond donors (Lipinski definition) is 2. The van der Waals surface area contributed by atoms with Crippen LogP contribution in [-0.4, -0.2) is 19.1 Å². The summed E-state index contributed by atoms with van der Waals surface area (Å²) in [5, 5.41) is 3.30. The Balaban J connectivity index is 0.000000179. The fourth-order valence-corrected chi connectivity index (χ4v) is 1.53. The normalized spacial score (nSPS) is 31.4. The van der Waals surface area contributed by atoms with Gasteiger partial charge in [0.1, 0.15) is 0 Å². The predicted molar refractivity (Wildman–Crippen MR) is 48.5 cm³/mol. The molecule has 2 rings (SSSR count). The lowest BCUT2D eigenvalue weighted by Gasteiger charge is -2.08. The summed E-state index contributed by atoms with van der Waals surface area (Å²) in [6.07, 6.45) is 3.97. The molecule has 2 heteroatoms. The van der Waals surface area contributed by atoms with Crippen LogP contribution in [0.25, 0.3) is 0 Å². The second-order valence-electron chi connectivity index (χ2n) is 3.81. The summed E-state index contributed by atoms with van der Waals surface area (Å²) in [5.74, 6) is 0. The van der Waals surface area contributed by atoms with Crippen molar-refractivity contribution < 1.29 is 0 Å². The maximum absolute atomic E-state index is 5.81. The monoisotopic (exact) mass is 156 g/mol. The summed E-state index contributed by atoms with van der Waals surface area (Å²) in [6.45, 7) is 6.47. The van der Waals surface area contributed by atoms with Gasteiger partial charge in [0.05, 0.1) is 0 Å². The van der Waals surface area contributed by atoms with Gasteiger partial charge in [-0.15, -0.1) is 0 Å². The van der Waals surface area contributed by atoms with Crippen LogP contribution in [0, 0.1) is 5.41 Å². The van der Waals surface area contributed by atoms with Crippen molar-refractivity contribution in [2.24, 2.45) is 11.1 Å². The van der Waals surface area contributed by atoms with E-state index in [1.165, 1.54) is 25.8 Å². The van der Waals surface area contributed by atoms with Crippen LogP contribution in [0.4, 0.5) is 0 Å². The van der Waals surface area contributed by atoms with E-state index < -0.39 is 0 Å². The molecule has 1 spiro atoms. The molecule has 66 valence electrons. The Hall–Kier alpha value is -0.0800. The van der Waals surface area contributed by atoms with Gasteiger partial charge < -0.3 is 11.1 Å². The third-order valence-electron chi connectivity index (χ3n) is 2.52. The van der Waals surface area contributed by atoms with Gasteiger partial charge >= 0.3 is 0 Å². The first-order valence-corrected chi connectivity index (χ1v) is 4.71. The topological polar surface area (TPSA) is 38.0 Å². The highest BCUT2D eigenvalue weighted by Gasteiger charge is 2.50. The van der Waals surface area contributed by atoms with Crippen molar-refractivity contribution in [1.82, 2.24) is 5.32 Å². The number of nitrogens with two attached hydrogens (primary N) is 1. The van der Waals surface area contributed by atoms with Crippen molar-refractivity contribution in [1.29, 1.82) is 0 Å². The van der Waals surface area contributed by atoms with Crippen LogP contribution in [0.1, 0.15) is 33.1 Å². The van der Waals surface area contributed by atoms with E-state index in [2.05, 4.69) is 19.2 Å². The molecule has 2 nitrogen and oxygen atoms in total. The summed E-state index contributed by atoms with van der Waals surface area (Å²) in [6, 6.07) is 0.461. The van der Waals surface area contributed by atoms with Crippen molar-refractivity contribution in [3.8, 4) is 0 Å². The lowest BCUT2D eigenvalue weighted by Crippen LogP contribution is -2.29. The zero-order chi connectivity index (χ0) is 8.32. The third kappa shape index (κ3) is 1.94. The van der Waals surface area contributed by atoms with Crippen molar-refractivity contribution in [3.05, 3.63) is 0 Å². The molecule has 3 N–H and O–H groups in total. The van der Waals surface area contributed by atoms with Crippen LogP contribution in [0.5, 0.6) is 0 Å². The standard InChI is InChI=1S/C6H12N2.C3H8/c7-5-3-8-4-6(5)1-2-6;1-3-2/h5,8H,1-4,7H2;3H2,1-2H3/t5-;/m0./s1.